The molecule has 2 aromatic rings. The Kier molecular flexibility index (Phi) is 6.06. The van der Waals surface area contributed by atoms with E-state index in [1.807, 2.05) is 49.1 Å². The van der Waals surface area contributed by atoms with Gasteiger partial charge in [0.25, 0.3) is 5.91 Å². The van der Waals surface area contributed by atoms with Crippen molar-refractivity contribution in [3.63, 3.8) is 0 Å². The SMILES string of the molecule is CN(CC(=O)N1CCN(C(=O)C(C)(C)c2ccccc2)CC1)C(=O)c1ccco1. The van der Waals surface area contributed by atoms with Crippen LogP contribution in [0.4, 0.5) is 0 Å². The highest BCUT2D eigenvalue weighted by Crippen LogP contribution is 2.26. The first-order chi connectivity index (χ1) is 13.8. The van der Waals surface area contributed by atoms with Gasteiger partial charge in [-0.05, 0) is 31.5 Å². The molecule has 1 aromatic heterocycles. The molecule has 1 aliphatic heterocycles. The Labute approximate surface area is 170 Å². The van der Waals surface area contributed by atoms with Crippen molar-refractivity contribution < 1.29 is 18.8 Å². The lowest BCUT2D eigenvalue weighted by Crippen LogP contribution is -2.55. The van der Waals surface area contributed by atoms with E-state index in [-0.39, 0.29) is 30.0 Å². The molecule has 7 nitrogen and oxygen atoms in total. The molecular formula is C22H27N3O4. The third-order valence-electron chi connectivity index (χ3n) is 5.40. The normalized spacial score (nSPS) is 14.6. The standard InChI is InChI=1S/C22H27N3O4/c1-22(2,17-8-5-4-6-9-17)21(28)25-13-11-24(12-14-25)19(26)16-23(3)20(27)18-10-7-15-29-18/h4-10,15H,11-14,16H2,1-3H3. The molecule has 154 valence electrons. The number of piperazine rings is 1. The minimum atomic E-state index is -0.622. The predicted molar refractivity (Wildman–Crippen MR) is 108 cm³/mol. The van der Waals surface area contributed by atoms with E-state index in [0.29, 0.717) is 26.2 Å². The van der Waals surface area contributed by atoms with Crippen LogP contribution in [0.25, 0.3) is 0 Å². The van der Waals surface area contributed by atoms with Gasteiger partial charge in [-0.25, -0.2) is 0 Å². The van der Waals surface area contributed by atoms with E-state index in [9.17, 15) is 14.4 Å². The van der Waals surface area contributed by atoms with Crippen molar-refractivity contribution in [3.05, 3.63) is 60.1 Å². The van der Waals surface area contributed by atoms with E-state index < -0.39 is 5.41 Å². The van der Waals surface area contributed by atoms with Gasteiger partial charge in [-0.1, -0.05) is 30.3 Å². The van der Waals surface area contributed by atoms with E-state index in [4.69, 9.17) is 4.42 Å². The van der Waals surface area contributed by atoms with E-state index >= 15 is 0 Å². The quantitative estimate of drug-likeness (QED) is 0.774. The summed E-state index contributed by atoms with van der Waals surface area (Å²) in [4.78, 5) is 42.7. The molecule has 29 heavy (non-hydrogen) atoms. The summed E-state index contributed by atoms with van der Waals surface area (Å²) in [6.07, 6.45) is 1.43. The van der Waals surface area contributed by atoms with Crippen molar-refractivity contribution in [1.82, 2.24) is 14.7 Å². The molecule has 7 heteroatoms. The van der Waals surface area contributed by atoms with Crippen LogP contribution < -0.4 is 0 Å². The molecule has 0 aliphatic carbocycles. The molecular weight excluding hydrogens is 370 g/mol. The number of likely N-dealkylation sites (N-methyl/N-ethyl adjacent to an activating group) is 1. The van der Waals surface area contributed by atoms with E-state index in [0.717, 1.165) is 5.56 Å². The molecule has 2 heterocycles. The van der Waals surface area contributed by atoms with Crippen molar-refractivity contribution in [1.29, 1.82) is 0 Å². The smallest absolute Gasteiger partial charge is 0.289 e. The highest BCUT2D eigenvalue weighted by Gasteiger charge is 2.35. The van der Waals surface area contributed by atoms with Crippen LogP contribution in [0, 0.1) is 0 Å². The van der Waals surface area contributed by atoms with Gasteiger partial charge < -0.3 is 19.1 Å². The Balaban J connectivity index is 1.54. The summed E-state index contributed by atoms with van der Waals surface area (Å²) in [5.41, 5.74) is 0.352. The van der Waals surface area contributed by atoms with Gasteiger partial charge >= 0.3 is 0 Å². The first-order valence-corrected chi connectivity index (χ1v) is 9.72. The molecule has 3 rings (SSSR count). The zero-order chi connectivity index (χ0) is 21.0. The molecule has 1 fully saturated rings. The topological polar surface area (TPSA) is 74.1 Å². The Hall–Kier alpha value is -3.09. The summed E-state index contributed by atoms with van der Waals surface area (Å²) in [5.74, 6) is -0.205. The van der Waals surface area contributed by atoms with Crippen LogP contribution >= 0.6 is 0 Å². The number of nitrogens with zero attached hydrogens (tertiary/aromatic N) is 3. The third-order valence-corrected chi connectivity index (χ3v) is 5.40. The van der Waals surface area contributed by atoms with Crippen LogP contribution in [0.5, 0.6) is 0 Å². The monoisotopic (exact) mass is 397 g/mol. The van der Waals surface area contributed by atoms with Crippen molar-refractivity contribution in [2.45, 2.75) is 19.3 Å². The number of furan rings is 1. The summed E-state index contributed by atoms with van der Waals surface area (Å²) in [6, 6.07) is 12.9. The summed E-state index contributed by atoms with van der Waals surface area (Å²) in [6.45, 7) is 5.71. The van der Waals surface area contributed by atoms with Gasteiger partial charge in [-0.2, -0.15) is 0 Å². The average molecular weight is 397 g/mol. The number of benzene rings is 1. The number of carbonyl (C=O) groups excluding carboxylic acids is 3. The second-order valence-electron chi connectivity index (χ2n) is 7.80. The summed E-state index contributed by atoms with van der Waals surface area (Å²) >= 11 is 0. The summed E-state index contributed by atoms with van der Waals surface area (Å²) in [5, 5.41) is 0. The predicted octanol–water partition coefficient (Wildman–Crippen LogP) is 2.00. The fourth-order valence-corrected chi connectivity index (χ4v) is 3.50. The fraction of sp³-hybridized carbons (Fsp3) is 0.409. The first-order valence-electron chi connectivity index (χ1n) is 9.72. The molecule has 0 spiro atoms. The molecule has 0 N–H and O–H groups in total. The van der Waals surface area contributed by atoms with Gasteiger partial charge in [-0.3, -0.25) is 14.4 Å². The average Bonchev–Trinajstić information content (AvgIpc) is 3.28. The highest BCUT2D eigenvalue weighted by atomic mass is 16.3. The lowest BCUT2D eigenvalue weighted by molar-refractivity contribution is -0.142. The van der Waals surface area contributed by atoms with Gasteiger partial charge in [0, 0.05) is 33.2 Å². The van der Waals surface area contributed by atoms with Crippen molar-refractivity contribution >= 4 is 17.7 Å². The van der Waals surface area contributed by atoms with Crippen LogP contribution in [0.3, 0.4) is 0 Å². The van der Waals surface area contributed by atoms with Crippen molar-refractivity contribution in [2.24, 2.45) is 0 Å². The maximum atomic E-state index is 13.1. The van der Waals surface area contributed by atoms with E-state index in [1.165, 1.54) is 11.2 Å². The molecule has 0 saturated carbocycles. The lowest BCUT2D eigenvalue weighted by Gasteiger charge is -2.39. The first kappa shape index (κ1) is 20.6. The second-order valence-corrected chi connectivity index (χ2v) is 7.80. The largest absolute Gasteiger partial charge is 0.459 e. The van der Waals surface area contributed by atoms with Crippen LogP contribution in [-0.4, -0.2) is 72.2 Å². The summed E-state index contributed by atoms with van der Waals surface area (Å²) < 4.78 is 5.09. The molecule has 1 aromatic carbocycles. The molecule has 0 atom stereocenters. The number of carbonyl (C=O) groups is 3. The lowest BCUT2D eigenvalue weighted by atomic mass is 9.83. The molecule has 0 bridgehead atoms. The van der Waals surface area contributed by atoms with Gasteiger partial charge in [0.2, 0.25) is 11.8 Å². The number of hydrogen-bond acceptors (Lipinski definition) is 4. The van der Waals surface area contributed by atoms with Crippen LogP contribution in [0.15, 0.2) is 53.1 Å². The molecule has 1 aliphatic rings. The maximum Gasteiger partial charge on any atom is 0.289 e. The van der Waals surface area contributed by atoms with Gasteiger partial charge in [0.15, 0.2) is 5.76 Å². The zero-order valence-electron chi connectivity index (χ0n) is 17.1. The second kappa shape index (κ2) is 8.51. The number of hydrogen-bond donors (Lipinski definition) is 0. The van der Waals surface area contributed by atoms with Gasteiger partial charge in [0.1, 0.15) is 0 Å². The molecule has 1 saturated heterocycles. The number of amides is 3. The third kappa shape index (κ3) is 4.50. The van der Waals surface area contributed by atoms with E-state index in [1.54, 1.807) is 24.1 Å². The van der Waals surface area contributed by atoms with Crippen LogP contribution in [-0.2, 0) is 15.0 Å². The Bertz CT molecular complexity index is 853. The fourth-order valence-electron chi connectivity index (χ4n) is 3.50. The van der Waals surface area contributed by atoms with Crippen LogP contribution in [0.2, 0.25) is 0 Å². The molecule has 3 amide bonds. The minimum Gasteiger partial charge on any atom is -0.459 e. The van der Waals surface area contributed by atoms with Crippen LogP contribution in [0.1, 0.15) is 30.0 Å². The van der Waals surface area contributed by atoms with Gasteiger partial charge in [0.05, 0.1) is 18.2 Å². The number of rotatable bonds is 5. The maximum absolute atomic E-state index is 13.1. The zero-order valence-corrected chi connectivity index (χ0v) is 17.1. The van der Waals surface area contributed by atoms with Crippen molar-refractivity contribution in [2.75, 3.05) is 39.8 Å². The summed E-state index contributed by atoms with van der Waals surface area (Å²) in [7, 11) is 1.57. The Morgan fingerprint density at radius 2 is 1.59 bits per heavy atom. The Morgan fingerprint density at radius 1 is 0.966 bits per heavy atom. The highest BCUT2D eigenvalue weighted by molar-refractivity contribution is 5.94. The Morgan fingerprint density at radius 3 is 2.17 bits per heavy atom. The van der Waals surface area contributed by atoms with E-state index in [2.05, 4.69) is 0 Å². The molecule has 0 radical (unpaired) electrons. The van der Waals surface area contributed by atoms with Crippen molar-refractivity contribution in [3.8, 4) is 0 Å². The van der Waals surface area contributed by atoms with Gasteiger partial charge in [-0.15, -0.1) is 0 Å². The molecule has 0 unspecified atom stereocenters. The minimum absolute atomic E-state index is 0.0248.